The SMILES string of the molecule is COCC(=O)NCc1cc(-c2cc3nc(NC4CC4)c4ncn(C)c4n3n2)ccc1F. The third-order valence-electron chi connectivity index (χ3n) is 5.26. The van der Waals surface area contributed by atoms with Crippen molar-refractivity contribution in [3.8, 4) is 11.3 Å². The van der Waals surface area contributed by atoms with Crippen LogP contribution in [0.25, 0.3) is 28.1 Å². The number of carbonyl (C=O) groups is 1. The summed E-state index contributed by atoms with van der Waals surface area (Å²) in [6.45, 7) is -0.00768. The number of rotatable bonds is 7. The van der Waals surface area contributed by atoms with Crippen molar-refractivity contribution in [1.82, 2.24) is 29.5 Å². The molecule has 1 aliphatic rings. The molecular formula is C21H22FN7O2. The molecule has 2 N–H and O–H groups in total. The number of anilines is 1. The minimum Gasteiger partial charge on any atom is -0.375 e. The second-order valence-corrected chi connectivity index (χ2v) is 7.72. The van der Waals surface area contributed by atoms with E-state index in [1.165, 1.54) is 13.2 Å². The number of hydrogen-bond donors (Lipinski definition) is 2. The second-order valence-electron chi connectivity index (χ2n) is 7.72. The molecule has 0 bridgehead atoms. The third-order valence-corrected chi connectivity index (χ3v) is 5.26. The Bertz CT molecular complexity index is 1290. The molecule has 3 aromatic heterocycles. The minimum atomic E-state index is -0.395. The fourth-order valence-electron chi connectivity index (χ4n) is 3.52. The van der Waals surface area contributed by atoms with Crippen molar-refractivity contribution >= 4 is 28.5 Å². The standard InChI is InChI=1S/C21H22FN7O2/c1-28-11-24-19-20(25-14-4-5-14)26-17-8-16(27-29(17)21(19)28)12-3-6-15(22)13(7-12)9-23-18(30)10-31-2/h3,6-8,11,14H,4-5,9-10H2,1-2H3,(H,23,30)(H,25,26). The van der Waals surface area contributed by atoms with Crippen LogP contribution in [0.1, 0.15) is 18.4 Å². The van der Waals surface area contributed by atoms with Crippen LogP contribution < -0.4 is 10.6 Å². The van der Waals surface area contributed by atoms with Crippen molar-refractivity contribution < 1.29 is 13.9 Å². The van der Waals surface area contributed by atoms with E-state index in [-0.39, 0.29) is 19.1 Å². The van der Waals surface area contributed by atoms with Crippen LogP contribution in [-0.2, 0) is 23.1 Å². The molecule has 1 saturated carbocycles. The number of aromatic nitrogens is 5. The van der Waals surface area contributed by atoms with E-state index in [1.807, 2.05) is 17.7 Å². The Labute approximate surface area is 177 Å². The van der Waals surface area contributed by atoms with Gasteiger partial charge in [0, 0.05) is 43.9 Å². The van der Waals surface area contributed by atoms with Crippen LogP contribution in [0.3, 0.4) is 0 Å². The third kappa shape index (κ3) is 3.70. The number of halogens is 1. The molecule has 9 nitrogen and oxygen atoms in total. The molecule has 3 heterocycles. The number of methoxy groups -OCH3 is 1. The van der Waals surface area contributed by atoms with Crippen molar-refractivity contribution in [3.63, 3.8) is 0 Å². The lowest BCUT2D eigenvalue weighted by atomic mass is 10.1. The number of benzene rings is 1. The van der Waals surface area contributed by atoms with E-state index in [0.29, 0.717) is 22.9 Å². The number of nitrogens with zero attached hydrogens (tertiary/aromatic N) is 5. The quantitative estimate of drug-likeness (QED) is 0.473. The van der Waals surface area contributed by atoms with E-state index in [1.54, 1.807) is 23.0 Å². The van der Waals surface area contributed by atoms with Crippen molar-refractivity contribution in [2.24, 2.45) is 7.05 Å². The number of nitrogens with one attached hydrogen (secondary N) is 2. The van der Waals surface area contributed by atoms with E-state index in [2.05, 4.69) is 15.6 Å². The normalized spacial score (nSPS) is 13.8. The molecule has 5 rings (SSSR count). The van der Waals surface area contributed by atoms with Crippen LogP contribution in [0.5, 0.6) is 0 Å². The maximum atomic E-state index is 14.3. The number of fused-ring (bicyclic) bond motifs is 3. The van der Waals surface area contributed by atoms with Crippen molar-refractivity contribution in [3.05, 3.63) is 42.0 Å². The summed E-state index contributed by atoms with van der Waals surface area (Å²) < 4.78 is 22.7. The Kier molecular flexibility index (Phi) is 4.78. The summed E-state index contributed by atoms with van der Waals surface area (Å²) >= 11 is 0. The zero-order valence-electron chi connectivity index (χ0n) is 17.2. The van der Waals surface area contributed by atoms with Crippen LogP contribution in [0, 0.1) is 5.82 Å². The Balaban J connectivity index is 1.53. The van der Waals surface area contributed by atoms with Crippen LogP contribution in [0.15, 0.2) is 30.6 Å². The average Bonchev–Trinajstić information content (AvgIpc) is 3.33. The maximum absolute atomic E-state index is 14.3. The van der Waals surface area contributed by atoms with Gasteiger partial charge in [-0.15, -0.1) is 0 Å². The molecule has 0 unspecified atom stereocenters. The second kappa shape index (κ2) is 7.62. The summed E-state index contributed by atoms with van der Waals surface area (Å²) in [5.41, 5.74) is 4.02. The molecule has 160 valence electrons. The first-order valence-corrected chi connectivity index (χ1v) is 10.1. The van der Waals surface area contributed by atoms with Gasteiger partial charge in [-0.05, 0) is 31.0 Å². The number of amides is 1. The first-order valence-electron chi connectivity index (χ1n) is 10.1. The highest BCUT2D eigenvalue weighted by Gasteiger charge is 2.24. The Morgan fingerprint density at radius 1 is 1.32 bits per heavy atom. The summed E-state index contributed by atoms with van der Waals surface area (Å²) in [6.07, 6.45) is 4.00. The van der Waals surface area contributed by atoms with Gasteiger partial charge in [0.25, 0.3) is 0 Å². The molecule has 1 amide bonds. The summed E-state index contributed by atoms with van der Waals surface area (Å²) in [5.74, 6) is 0.0459. The van der Waals surface area contributed by atoms with E-state index in [0.717, 1.165) is 35.4 Å². The van der Waals surface area contributed by atoms with Gasteiger partial charge in [-0.1, -0.05) is 0 Å². The largest absolute Gasteiger partial charge is 0.375 e. The summed E-state index contributed by atoms with van der Waals surface area (Å²) in [5, 5.41) is 10.8. The Morgan fingerprint density at radius 3 is 2.94 bits per heavy atom. The van der Waals surface area contributed by atoms with Gasteiger partial charge in [0.1, 0.15) is 12.4 Å². The molecule has 0 spiro atoms. The zero-order valence-corrected chi connectivity index (χ0v) is 17.2. The van der Waals surface area contributed by atoms with Crippen LogP contribution in [0.2, 0.25) is 0 Å². The van der Waals surface area contributed by atoms with Crippen molar-refractivity contribution in [1.29, 1.82) is 0 Å². The van der Waals surface area contributed by atoms with Gasteiger partial charge in [0.15, 0.2) is 22.6 Å². The smallest absolute Gasteiger partial charge is 0.246 e. The van der Waals surface area contributed by atoms with E-state index < -0.39 is 5.82 Å². The van der Waals surface area contributed by atoms with Gasteiger partial charge in [-0.3, -0.25) is 4.79 Å². The molecule has 0 atom stereocenters. The van der Waals surface area contributed by atoms with Crippen molar-refractivity contribution in [2.75, 3.05) is 19.0 Å². The monoisotopic (exact) mass is 423 g/mol. The van der Waals surface area contributed by atoms with E-state index in [9.17, 15) is 9.18 Å². The highest BCUT2D eigenvalue weighted by Crippen LogP contribution is 2.30. The first-order chi connectivity index (χ1) is 15.0. The topological polar surface area (TPSA) is 98.4 Å². The van der Waals surface area contributed by atoms with Gasteiger partial charge < -0.3 is 19.9 Å². The van der Waals surface area contributed by atoms with Crippen LogP contribution in [-0.4, -0.2) is 49.8 Å². The minimum absolute atomic E-state index is 0.0644. The predicted octanol–water partition coefficient (Wildman–Crippen LogP) is 2.26. The molecule has 1 aromatic carbocycles. The highest BCUT2D eigenvalue weighted by molar-refractivity contribution is 5.86. The summed E-state index contributed by atoms with van der Waals surface area (Å²) in [7, 11) is 3.35. The molecule has 1 aliphatic carbocycles. The molecule has 0 saturated heterocycles. The lowest BCUT2D eigenvalue weighted by molar-refractivity contribution is -0.124. The Morgan fingerprint density at radius 2 is 2.16 bits per heavy atom. The average molecular weight is 423 g/mol. The van der Waals surface area contributed by atoms with Gasteiger partial charge >= 0.3 is 0 Å². The summed E-state index contributed by atoms with van der Waals surface area (Å²) in [4.78, 5) is 20.9. The van der Waals surface area contributed by atoms with Gasteiger partial charge in [-0.25, -0.2) is 14.4 Å². The number of carbonyl (C=O) groups excluding carboxylic acids is 1. The molecular weight excluding hydrogens is 401 g/mol. The fourth-order valence-corrected chi connectivity index (χ4v) is 3.52. The number of imidazole rings is 1. The molecule has 4 aromatic rings. The van der Waals surface area contributed by atoms with Crippen LogP contribution >= 0.6 is 0 Å². The van der Waals surface area contributed by atoms with Gasteiger partial charge in [0.05, 0.1) is 12.0 Å². The van der Waals surface area contributed by atoms with Crippen molar-refractivity contribution in [2.45, 2.75) is 25.4 Å². The molecule has 1 fully saturated rings. The number of hydrogen-bond acceptors (Lipinski definition) is 6. The first kappa shape index (κ1) is 19.4. The van der Waals surface area contributed by atoms with E-state index in [4.69, 9.17) is 14.8 Å². The summed E-state index contributed by atoms with van der Waals surface area (Å²) in [6, 6.07) is 7.04. The molecule has 10 heteroatoms. The lowest BCUT2D eigenvalue weighted by Gasteiger charge is -2.07. The highest BCUT2D eigenvalue weighted by atomic mass is 19.1. The predicted molar refractivity (Wildman–Crippen MR) is 113 cm³/mol. The molecule has 0 aliphatic heterocycles. The zero-order chi connectivity index (χ0) is 21.5. The lowest BCUT2D eigenvalue weighted by Crippen LogP contribution is -2.26. The van der Waals surface area contributed by atoms with Gasteiger partial charge in [0.2, 0.25) is 5.91 Å². The number of ether oxygens (including phenoxy) is 1. The number of aryl methyl sites for hydroxylation is 1. The van der Waals surface area contributed by atoms with Gasteiger partial charge in [-0.2, -0.15) is 9.61 Å². The fraction of sp³-hybridized carbons (Fsp3) is 0.333. The molecule has 31 heavy (non-hydrogen) atoms. The van der Waals surface area contributed by atoms with E-state index >= 15 is 0 Å². The molecule has 0 radical (unpaired) electrons. The van der Waals surface area contributed by atoms with Crippen LogP contribution in [0.4, 0.5) is 10.2 Å². The Hall–Kier alpha value is -3.53. The maximum Gasteiger partial charge on any atom is 0.246 e.